The van der Waals surface area contributed by atoms with E-state index in [0.717, 1.165) is 14.7 Å². The van der Waals surface area contributed by atoms with Crippen molar-refractivity contribution in [1.29, 1.82) is 0 Å². The third-order valence-electron chi connectivity index (χ3n) is 1.33. The molecule has 2 aromatic heterocycles. The van der Waals surface area contributed by atoms with Gasteiger partial charge in [-0.1, -0.05) is 0 Å². The van der Waals surface area contributed by atoms with Crippen LogP contribution < -0.4 is 0 Å². The number of H-pyrrole nitrogens is 1. The van der Waals surface area contributed by atoms with Crippen LogP contribution in [-0.2, 0) is 0 Å². The minimum Gasteiger partial charge on any atom is -0.358 e. The van der Waals surface area contributed by atoms with E-state index < -0.39 is 0 Å². The quantitative estimate of drug-likeness (QED) is 0.456. The van der Waals surface area contributed by atoms with Crippen LogP contribution in [-0.4, -0.2) is 15.0 Å². The average Bonchev–Trinajstić information content (AvgIpc) is 2.34. The summed E-state index contributed by atoms with van der Waals surface area (Å²) in [6.45, 7) is 0. The van der Waals surface area contributed by atoms with Crippen molar-refractivity contribution in [3.63, 3.8) is 0 Å². The first-order valence-corrected chi connectivity index (χ1v) is 4.39. The molecule has 0 saturated heterocycles. The standard InChI is InChI=1S/C6H3ClIN3/c7-6-10-3-1-2-9-4(3)5(8)11-6/h1-2,9H. The Kier molecular flexibility index (Phi) is 1.72. The van der Waals surface area contributed by atoms with Gasteiger partial charge in [0.25, 0.3) is 0 Å². The Morgan fingerprint density at radius 2 is 2.27 bits per heavy atom. The molecule has 0 bridgehead atoms. The predicted octanol–water partition coefficient (Wildman–Crippen LogP) is 2.22. The van der Waals surface area contributed by atoms with Gasteiger partial charge in [-0.25, -0.2) is 9.97 Å². The molecule has 11 heavy (non-hydrogen) atoms. The monoisotopic (exact) mass is 279 g/mol. The summed E-state index contributed by atoms with van der Waals surface area (Å²) in [5, 5.41) is 0.293. The number of fused-ring (bicyclic) bond motifs is 1. The van der Waals surface area contributed by atoms with Crippen molar-refractivity contribution >= 4 is 45.2 Å². The highest BCUT2D eigenvalue weighted by atomic mass is 127. The van der Waals surface area contributed by atoms with E-state index in [-0.39, 0.29) is 0 Å². The summed E-state index contributed by atoms with van der Waals surface area (Å²) < 4.78 is 0.850. The molecule has 5 heteroatoms. The van der Waals surface area contributed by atoms with E-state index in [0.29, 0.717) is 5.28 Å². The van der Waals surface area contributed by atoms with Crippen LogP contribution in [0.25, 0.3) is 11.0 Å². The van der Waals surface area contributed by atoms with Crippen LogP contribution in [0.5, 0.6) is 0 Å². The fourth-order valence-electron chi connectivity index (χ4n) is 0.881. The number of halogens is 2. The third kappa shape index (κ3) is 1.20. The van der Waals surface area contributed by atoms with E-state index in [9.17, 15) is 0 Å². The van der Waals surface area contributed by atoms with Crippen molar-refractivity contribution in [2.45, 2.75) is 0 Å². The van der Waals surface area contributed by atoms with Crippen molar-refractivity contribution in [3.05, 3.63) is 21.2 Å². The maximum atomic E-state index is 5.64. The molecule has 0 aliphatic carbocycles. The normalized spacial score (nSPS) is 10.7. The zero-order valence-corrected chi connectivity index (χ0v) is 8.22. The smallest absolute Gasteiger partial charge is 0.224 e. The van der Waals surface area contributed by atoms with Crippen LogP contribution >= 0.6 is 34.2 Å². The number of aromatic amines is 1. The first-order valence-electron chi connectivity index (χ1n) is 2.93. The molecule has 2 rings (SSSR count). The van der Waals surface area contributed by atoms with Gasteiger partial charge in [-0.2, -0.15) is 0 Å². The maximum Gasteiger partial charge on any atom is 0.224 e. The fraction of sp³-hybridized carbons (Fsp3) is 0. The molecule has 0 saturated carbocycles. The molecule has 0 aromatic carbocycles. The van der Waals surface area contributed by atoms with Gasteiger partial charge in [0.05, 0.1) is 11.0 Å². The topological polar surface area (TPSA) is 41.6 Å². The Labute approximate surface area is 81.3 Å². The molecule has 2 heterocycles. The highest BCUT2D eigenvalue weighted by Crippen LogP contribution is 2.16. The first-order chi connectivity index (χ1) is 5.27. The Bertz CT molecular complexity index is 398. The number of nitrogens with one attached hydrogen (secondary N) is 1. The number of nitrogens with zero attached hydrogens (tertiary/aromatic N) is 2. The van der Waals surface area contributed by atoms with Gasteiger partial charge >= 0.3 is 0 Å². The van der Waals surface area contributed by atoms with Crippen molar-refractivity contribution in [3.8, 4) is 0 Å². The van der Waals surface area contributed by atoms with Crippen LogP contribution in [0.4, 0.5) is 0 Å². The second-order valence-electron chi connectivity index (χ2n) is 2.02. The molecule has 3 nitrogen and oxygen atoms in total. The van der Waals surface area contributed by atoms with Crippen molar-refractivity contribution in [1.82, 2.24) is 15.0 Å². The van der Waals surface area contributed by atoms with Crippen LogP contribution in [0, 0.1) is 3.70 Å². The van der Waals surface area contributed by atoms with Crippen LogP contribution in [0.3, 0.4) is 0 Å². The van der Waals surface area contributed by atoms with Crippen LogP contribution in [0.1, 0.15) is 0 Å². The van der Waals surface area contributed by atoms with E-state index in [2.05, 4.69) is 37.5 Å². The van der Waals surface area contributed by atoms with Gasteiger partial charge in [0, 0.05) is 6.20 Å². The van der Waals surface area contributed by atoms with Gasteiger partial charge in [0.2, 0.25) is 5.28 Å². The lowest BCUT2D eigenvalue weighted by Crippen LogP contribution is -1.87. The summed E-state index contributed by atoms with van der Waals surface area (Å²) in [7, 11) is 0. The van der Waals surface area contributed by atoms with Gasteiger partial charge in [0.1, 0.15) is 3.70 Å². The van der Waals surface area contributed by atoms with E-state index in [1.807, 2.05) is 12.3 Å². The molecule has 56 valence electrons. The SMILES string of the molecule is Clc1nc(I)c2[nH]ccc2n1. The molecule has 0 amide bonds. The number of hydrogen-bond donors (Lipinski definition) is 1. The largest absolute Gasteiger partial charge is 0.358 e. The fourth-order valence-corrected chi connectivity index (χ4v) is 1.86. The Morgan fingerprint density at radius 3 is 3.09 bits per heavy atom. The van der Waals surface area contributed by atoms with Crippen LogP contribution in [0.2, 0.25) is 5.28 Å². The number of rotatable bonds is 0. The highest BCUT2D eigenvalue weighted by molar-refractivity contribution is 14.1. The maximum absolute atomic E-state index is 5.64. The Morgan fingerprint density at radius 1 is 1.45 bits per heavy atom. The van der Waals surface area contributed by atoms with Crippen molar-refractivity contribution in [2.24, 2.45) is 0 Å². The summed E-state index contributed by atoms with van der Waals surface area (Å²) in [4.78, 5) is 11.0. The molecule has 0 atom stereocenters. The van der Waals surface area contributed by atoms with E-state index >= 15 is 0 Å². The van der Waals surface area contributed by atoms with Crippen LogP contribution in [0.15, 0.2) is 12.3 Å². The third-order valence-corrected chi connectivity index (χ3v) is 2.28. The van der Waals surface area contributed by atoms with Crippen molar-refractivity contribution in [2.75, 3.05) is 0 Å². The van der Waals surface area contributed by atoms with E-state index in [4.69, 9.17) is 11.6 Å². The zero-order valence-electron chi connectivity index (χ0n) is 5.31. The molecule has 1 N–H and O–H groups in total. The lowest BCUT2D eigenvalue weighted by molar-refractivity contribution is 1.18. The molecule has 0 aliphatic heterocycles. The summed E-state index contributed by atoms with van der Waals surface area (Å²) in [5.41, 5.74) is 1.80. The summed E-state index contributed by atoms with van der Waals surface area (Å²) in [6.07, 6.45) is 1.82. The summed E-state index contributed by atoms with van der Waals surface area (Å²) in [5.74, 6) is 0. The average molecular weight is 279 g/mol. The molecule has 0 unspecified atom stereocenters. The minimum absolute atomic E-state index is 0.293. The van der Waals surface area contributed by atoms with E-state index in [1.165, 1.54) is 0 Å². The second-order valence-corrected chi connectivity index (χ2v) is 3.38. The summed E-state index contributed by atoms with van der Waals surface area (Å²) >= 11 is 7.75. The predicted molar refractivity (Wildman–Crippen MR) is 51.6 cm³/mol. The van der Waals surface area contributed by atoms with Crippen molar-refractivity contribution < 1.29 is 0 Å². The molecular formula is C6H3ClIN3. The lowest BCUT2D eigenvalue weighted by Gasteiger charge is -1.92. The number of hydrogen-bond acceptors (Lipinski definition) is 2. The van der Waals surface area contributed by atoms with Gasteiger partial charge in [-0.3, -0.25) is 0 Å². The molecule has 0 fully saturated rings. The van der Waals surface area contributed by atoms with Gasteiger partial charge in [-0.05, 0) is 40.3 Å². The molecule has 0 spiro atoms. The Hall–Kier alpha value is -0.360. The first kappa shape index (κ1) is 7.30. The Balaban J connectivity index is 2.91. The summed E-state index contributed by atoms with van der Waals surface area (Å²) in [6, 6.07) is 1.87. The number of aromatic nitrogens is 3. The minimum atomic E-state index is 0.293. The second kappa shape index (κ2) is 2.60. The lowest BCUT2D eigenvalue weighted by atomic mass is 10.5. The molecular weight excluding hydrogens is 276 g/mol. The zero-order chi connectivity index (χ0) is 7.84. The molecule has 2 aromatic rings. The van der Waals surface area contributed by atoms with E-state index in [1.54, 1.807) is 0 Å². The molecule has 0 aliphatic rings. The highest BCUT2D eigenvalue weighted by Gasteiger charge is 2.03. The van der Waals surface area contributed by atoms with Gasteiger partial charge < -0.3 is 4.98 Å². The molecule has 0 radical (unpaired) electrons. The van der Waals surface area contributed by atoms with Gasteiger partial charge in [-0.15, -0.1) is 0 Å². The van der Waals surface area contributed by atoms with Gasteiger partial charge in [0.15, 0.2) is 0 Å².